The number of nitrogens with zero attached hydrogens (tertiary/aromatic N) is 1. The molecule has 0 bridgehead atoms. The third-order valence-corrected chi connectivity index (χ3v) is 5.82. The second kappa shape index (κ2) is 9.58. The van der Waals surface area contributed by atoms with Gasteiger partial charge in [0.1, 0.15) is 18.5 Å². The summed E-state index contributed by atoms with van der Waals surface area (Å²) in [5, 5.41) is 31.8. The molecule has 1 fully saturated rings. The second-order valence-electron chi connectivity index (χ2n) is 7.97. The van der Waals surface area contributed by atoms with Crippen LogP contribution in [0.25, 0.3) is 21.9 Å². The largest absolute Gasteiger partial charge is 0.490 e. The fourth-order valence-corrected chi connectivity index (χ4v) is 4.19. The van der Waals surface area contributed by atoms with Crippen molar-refractivity contribution in [3.05, 3.63) is 66.2 Å². The van der Waals surface area contributed by atoms with Crippen LogP contribution in [0.5, 0.6) is 5.75 Å². The quantitative estimate of drug-likeness (QED) is 0.561. The third-order valence-electron chi connectivity index (χ3n) is 5.82. The molecule has 4 rings (SSSR count). The minimum atomic E-state index is -0.589. The SMILES string of the molecule is OCc1ccccc1-c1ccc(OCC(O)CN2CCC(O)CC2)c2ccccc12. The summed E-state index contributed by atoms with van der Waals surface area (Å²) in [7, 11) is 0. The Kier molecular flexibility index (Phi) is 6.65. The Balaban J connectivity index is 1.52. The van der Waals surface area contributed by atoms with Crippen LogP contribution in [0.3, 0.4) is 0 Å². The maximum Gasteiger partial charge on any atom is 0.127 e. The molecule has 1 aliphatic rings. The van der Waals surface area contributed by atoms with E-state index in [0.717, 1.165) is 59.1 Å². The molecule has 0 saturated carbocycles. The summed E-state index contributed by atoms with van der Waals surface area (Å²) in [4.78, 5) is 2.17. The standard InChI is InChI=1S/C25H29NO4/c27-16-18-5-1-2-6-21(18)23-9-10-25(24-8-4-3-7-22(23)24)30-17-20(29)15-26-13-11-19(28)12-14-26/h1-10,19-20,27-29H,11-17H2. The number of benzene rings is 3. The Labute approximate surface area is 177 Å². The van der Waals surface area contributed by atoms with Crippen molar-refractivity contribution in [2.75, 3.05) is 26.2 Å². The van der Waals surface area contributed by atoms with Crippen LogP contribution < -0.4 is 4.74 Å². The predicted molar refractivity (Wildman–Crippen MR) is 118 cm³/mol. The summed E-state index contributed by atoms with van der Waals surface area (Å²) in [6, 6.07) is 19.9. The number of rotatable bonds is 7. The fourth-order valence-electron chi connectivity index (χ4n) is 4.19. The molecule has 3 aromatic carbocycles. The number of piperidine rings is 1. The first-order valence-corrected chi connectivity index (χ1v) is 10.6. The average molecular weight is 408 g/mol. The van der Waals surface area contributed by atoms with Gasteiger partial charge in [0, 0.05) is 25.0 Å². The van der Waals surface area contributed by atoms with Crippen LogP contribution in [-0.2, 0) is 6.61 Å². The van der Waals surface area contributed by atoms with Crippen LogP contribution in [0.4, 0.5) is 0 Å². The highest BCUT2D eigenvalue weighted by atomic mass is 16.5. The number of hydrogen-bond donors (Lipinski definition) is 3. The normalized spacial score (nSPS) is 16.6. The Bertz CT molecular complexity index is 982. The van der Waals surface area contributed by atoms with E-state index < -0.39 is 6.10 Å². The molecular formula is C25H29NO4. The van der Waals surface area contributed by atoms with Crippen molar-refractivity contribution in [1.29, 1.82) is 0 Å². The van der Waals surface area contributed by atoms with E-state index >= 15 is 0 Å². The molecule has 30 heavy (non-hydrogen) atoms. The lowest BCUT2D eigenvalue weighted by Gasteiger charge is -2.30. The predicted octanol–water partition coefficient (Wildman–Crippen LogP) is 3.20. The zero-order valence-electron chi connectivity index (χ0n) is 17.1. The Morgan fingerprint density at radius 1 is 0.900 bits per heavy atom. The average Bonchev–Trinajstić information content (AvgIpc) is 2.79. The van der Waals surface area contributed by atoms with Gasteiger partial charge in [-0.1, -0.05) is 54.6 Å². The number of β-amino-alcohol motifs (C(OH)–C–C–N with tert-alkyl or cyclic N) is 1. The van der Waals surface area contributed by atoms with Crippen LogP contribution in [-0.4, -0.2) is 58.7 Å². The highest BCUT2D eigenvalue weighted by Gasteiger charge is 2.20. The Hall–Kier alpha value is -2.44. The summed E-state index contributed by atoms with van der Waals surface area (Å²) in [5.41, 5.74) is 2.95. The second-order valence-corrected chi connectivity index (χ2v) is 7.97. The van der Waals surface area contributed by atoms with Gasteiger partial charge in [0.2, 0.25) is 0 Å². The molecule has 5 nitrogen and oxygen atoms in total. The number of fused-ring (bicyclic) bond motifs is 1. The molecule has 1 heterocycles. The first-order valence-electron chi connectivity index (χ1n) is 10.6. The topological polar surface area (TPSA) is 73.2 Å². The Morgan fingerprint density at radius 2 is 1.60 bits per heavy atom. The van der Waals surface area contributed by atoms with Gasteiger partial charge in [-0.15, -0.1) is 0 Å². The lowest BCUT2D eigenvalue weighted by molar-refractivity contribution is 0.0340. The van der Waals surface area contributed by atoms with Crippen molar-refractivity contribution in [1.82, 2.24) is 4.90 Å². The summed E-state index contributed by atoms with van der Waals surface area (Å²) in [6.45, 7) is 2.37. The van der Waals surface area contributed by atoms with Crippen molar-refractivity contribution in [2.24, 2.45) is 0 Å². The van der Waals surface area contributed by atoms with Crippen molar-refractivity contribution in [3.8, 4) is 16.9 Å². The zero-order chi connectivity index (χ0) is 20.9. The smallest absolute Gasteiger partial charge is 0.127 e. The van der Waals surface area contributed by atoms with Gasteiger partial charge >= 0.3 is 0 Å². The van der Waals surface area contributed by atoms with E-state index in [-0.39, 0.29) is 19.3 Å². The van der Waals surface area contributed by atoms with Gasteiger partial charge in [0.05, 0.1) is 12.7 Å². The van der Waals surface area contributed by atoms with E-state index in [1.54, 1.807) is 0 Å². The lowest BCUT2D eigenvalue weighted by atomic mass is 9.94. The number of likely N-dealkylation sites (tertiary alicyclic amines) is 1. The first-order chi connectivity index (χ1) is 14.7. The molecular weight excluding hydrogens is 378 g/mol. The first kappa shape index (κ1) is 20.8. The number of aliphatic hydroxyl groups is 3. The van der Waals surface area contributed by atoms with Crippen LogP contribution >= 0.6 is 0 Å². The highest BCUT2D eigenvalue weighted by Crippen LogP contribution is 2.36. The summed E-state index contributed by atoms with van der Waals surface area (Å²) in [6.07, 6.45) is 0.716. The van der Waals surface area contributed by atoms with Crippen molar-refractivity contribution >= 4 is 10.8 Å². The highest BCUT2D eigenvalue weighted by molar-refractivity contribution is 6.00. The third kappa shape index (κ3) is 4.65. The number of hydrogen-bond acceptors (Lipinski definition) is 5. The number of aliphatic hydroxyl groups excluding tert-OH is 3. The van der Waals surface area contributed by atoms with Crippen molar-refractivity contribution < 1.29 is 20.1 Å². The van der Waals surface area contributed by atoms with Crippen LogP contribution in [0.1, 0.15) is 18.4 Å². The van der Waals surface area contributed by atoms with Gasteiger partial charge < -0.3 is 25.0 Å². The van der Waals surface area contributed by atoms with Gasteiger partial charge in [-0.25, -0.2) is 0 Å². The van der Waals surface area contributed by atoms with Gasteiger partial charge in [-0.05, 0) is 41.0 Å². The molecule has 3 N–H and O–H groups in total. The lowest BCUT2D eigenvalue weighted by Crippen LogP contribution is -2.41. The monoisotopic (exact) mass is 407 g/mol. The minimum Gasteiger partial charge on any atom is -0.490 e. The maximum atomic E-state index is 10.4. The Morgan fingerprint density at radius 3 is 2.37 bits per heavy atom. The van der Waals surface area contributed by atoms with Crippen LogP contribution in [0, 0.1) is 0 Å². The van der Waals surface area contributed by atoms with Gasteiger partial charge in [-0.2, -0.15) is 0 Å². The van der Waals surface area contributed by atoms with Crippen LogP contribution in [0.2, 0.25) is 0 Å². The van der Waals surface area contributed by atoms with E-state index in [1.807, 2.05) is 54.6 Å². The van der Waals surface area contributed by atoms with E-state index in [1.165, 1.54) is 0 Å². The molecule has 158 valence electrons. The maximum absolute atomic E-state index is 10.4. The molecule has 1 saturated heterocycles. The zero-order valence-corrected chi connectivity index (χ0v) is 17.1. The molecule has 3 aromatic rings. The van der Waals surface area contributed by atoms with E-state index in [0.29, 0.717) is 6.54 Å². The van der Waals surface area contributed by atoms with Crippen molar-refractivity contribution in [3.63, 3.8) is 0 Å². The summed E-state index contributed by atoms with van der Waals surface area (Å²) >= 11 is 0. The fraction of sp³-hybridized carbons (Fsp3) is 0.360. The molecule has 5 heteroatoms. The van der Waals surface area contributed by atoms with Gasteiger partial charge in [-0.3, -0.25) is 0 Å². The summed E-state index contributed by atoms with van der Waals surface area (Å²) < 4.78 is 6.02. The molecule has 0 spiro atoms. The van der Waals surface area contributed by atoms with Gasteiger partial charge in [0.15, 0.2) is 0 Å². The number of ether oxygens (including phenoxy) is 1. The van der Waals surface area contributed by atoms with Crippen molar-refractivity contribution in [2.45, 2.75) is 31.7 Å². The van der Waals surface area contributed by atoms with E-state index in [2.05, 4.69) is 11.0 Å². The molecule has 0 amide bonds. The molecule has 0 radical (unpaired) electrons. The van der Waals surface area contributed by atoms with Crippen LogP contribution in [0.15, 0.2) is 60.7 Å². The molecule has 0 aliphatic carbocycles. The minimum absolute atomic E-state index is 0.0114. The molecule has 1 atom stereocenters. The molecule has 1 aliphatic heterocycles. The van der Waals surface area contributed by atoms with E-state index in [4.69, 9.17) is 4.74 Å². The molecule has 1 unspecified atom stereocenters. The summed E-state index contributed by atoms with van der Waals surface area (Å²) in [5.74, 6) is 0.740. The van der Waals surface area contributed by atoms with Gasteiger partial charge in [0.25, 0.3) is 0 Å². The van der Waals surface area contributed by atoms with E-state index in [9.17, 15) is 15.3 Å². The molecule has 0 aromatic heterocycles.